The van der Waals surface area contributed by atoms with Crippen molar-refractivity contribution in [1.29, 1.82) is 0 Å². The number of esters is 2. The van der Waals surface area contributed by atoms with Crippen LogP contribution in [0.4, 0.5) is 0 Å². The van der Waals surface area contributed by atoms with Gasteiger partial charge in [0.05, 0.1) is 25.7 Å². The Morgan fingerprint density at radius 3 is 2.29 bits per heavy atom. The van der Waals surface area contributed by atoms with Crippen LogP contribution in [0.5, 0.6) is 0 Å². The maximum Gasteiger partial charge on any atom is 0.323 e. The van der Waals surface area contributed by atoms with Crippen molar-refractivity contribution in [2.75, 3.05) is 26.0 Å². The molecule has 0 aromatic carbocycles. The fraction of sp³-hybridized carbons (Fsp3) is 0.895. The Kier molecular flexibility index (Phi) is 7.87. The largest absolute Gasteiger partial charge is 0.469 e. The van der Waals surface area contributed by atoms with E-state index in [0.717, 1.165) is 32.1 Å². The third kappa shape index (κ3) is 6.70. The van der Waals surface area contributed by atoms with Gasteiger partial charge in [0.25, 0.3) is 0 Å². The first-order valence-corrected chi connectivity index (χ1v) is 11.5. The monoisotopic (exact) mass is 419 g/mol. The van der Waals surface area contributed by atoms with E-state index in [1.807, 2.05) is 0 Å². The maximum atomic E-state index is 12.7. The van der Waals surface area contributed by atoms with E-state index in [1.54, 1.807) is 20.8 Å². The minimum absolute atomic E-state index is 0.0249. The highest BCUT2D eigenvalue weighted by Crippen LogP contribution is 2.29. The van der Waals surface area contributed by atoms with Crippen LogP contribution in [0.3, 0.4) is 0 Å². The van der Waals surface area contributed by atoms with Crippen molar-refractivity contribution in [3.8, 4) is 0 Å². The Balaban J connectivity index is 1.84. The second-order valence-electron chi connectivity index (χ2n) is 8.58. The molecular formula is C19H33NO7S. The first-order chi connectivity index (χ1) is 13.0. The quantitative estimate of drug-likeness (QED) is 0.581. The first-order valence-electron chi connectivity index (χ1n) is 9.92. The Morgan fingerprint density at radius 2 is 1.71 bits per heavy atom. The molecule has 1 aliphatic carbocycles. The molecule has 1 atom stereocenters. The molecule has 0 aromatic rings. The normalized spacial score (nSPS) is 26.8. The first kappa shape index (κ1) is 23.1. The maximum absolute atomic E-state index is 12.7. The summed E-state index contributed by atoms with van der Waals surface area (Å²) in [6, 6.07) is -0.259. The highest BCUT2D eigenvalue weighted by Gasteiger charge is 2.37. The van der Waals surface area contributed by atoms with Crippen molar-refractivity contribution in [2.45, 2.75) is 77.0 Å². The highest BCUT2D eigenvalue weighted by atomic mass is 32.2. The van der Waals surface area contributed by atoms with Crippen LogP contribution in [0.2, 0.25) is 0 Å². The molecule has 0 bridgehead atoms. The van der Waals surface area contributed by atoms with Crippen LogP contribution >= 0.6 is 0 Å². The van der Waals surface area contributed by atoms with Crippen molar-refractivity contribution in [3.63, 3.8) is 0 Å². The smallest absolute Gasteiger partial charge is 0.323 e. The molecule has 1 saturated carbocycles. The number of hydrogen-bond donors (Lipinski definition) is 0. The Morgan fingerprint density at radius 1 is 1.07 bits per heavy atom. The van der Waals surface area contributed by atoms with Gasteiger partial charge in [0.2, 0.25) is 10.0 Å². The number of methoxy groups -OCH3 is 1. The van der Waals surface area contributed by atoms with Gasteiger partial charge in [0.15, 0.2) is 5.75 Å². The van der Waals surface area contributed by atoms with Crippen molar-refractivity contribution in [3.05, 3.63) is 0 Å². The van der Waals surface area contributed by atoms with E-state index in [2.05, 4.69) is 0 Å². The minimum atomic E-state index is -3.74. The predicted octanol–water partition coefficient (Wildman–Crippen LogP) is 1.87. The lowest BCUT2D eigenvalue weighted by molar-refractivity contribution is -0.151. The van der Waals surface area contributed by atoms with E-state index in [1.165, 1.54) is 11.4 Å². The standard InChI is InChI=1S/C19H33NO7S/c1-19(2,3)27-17(21)13-28(23,24)20-11-5-6-15(20)12-26-16-9-7-14(8-10-16)18(22)25-4/h14-16H,5-13H2,1-4H3/t14-,15-,16-/m0/s1. The Labute approximate surface area is 167 Å². The van der Waals surface area contributed by atoms with Gasteiger partial charge in [-0.3, -0.25) is 9.59 Å². The van der Waals surface area contributed by atoms with Gasteiger partial charge in [-0.15, -0.1) is 0 Å². The molecule has 0 spiro atoms. The van der Waals surface area contributed by atoms with Gasteiger partial charge in [0.1, 0.15) is 5.60 Å². The highest BCUT2D eigenvalue weighted by molar-refractivity contribution is 7.89. The second-order valence-corrected chi connectivity index (χ2v) is 10.5. The fourth-order valence-corrected chi connectivity index (χ4v) is 5.37. The molecule has 162 valence electrons. The number of carbonyl (C=O) groups is 2. The summed E-state index contributed by atoms with van der Waals surface area (Å²) >= 11 is 0. The number of hydrogen-bond acceptors (Lipinski definition) is 7. The molecule has 2 fully saturated rings. The third-order valence-corrected chi connectivity index (χ3v) is 6.93. The van der Waals surface area contributed by atoms with Crippen LogP contribution in [0.1, 0.15) is 59.3 Å². The van der Waals surface area contributed by atoms with Gasteiger partial charge < -0.3 is 14.2 Å². The number of carbonyl (C=O) groups excluding carboxylic acids is 2. The second kappa shape index (κ2) is 9.54. The third-order valence-electron chi connectivity index (χ3n) is 5.13. The van der Waals surface area contributed by atoms with Gasteiger partial charge in [-0.25, -0.2) is 8.42 Å². The number of rotatable bonds is 7. The van der Waals surface area contributed by atoms with Crippen LogP contribution in [-0.4, -0.2) is 68.4 Å². The lowest BCUT2D eigenvalue weighted by Crippen LogP contribution is -2.43. The lowest BCUT2D eigenvalue weighted by atomic mass is 9.87. The minimum Gasteiger partial charge on any atom is -0.469 e. The molecule has 2 rings (SSSR count). The zero-order valence-electron chi connectivity index (χ0n) is 17.3. The summed E-state index contributed by atoms with van der Waals surface area (Å²) in [7, 11) is -2.34. The van der Waals surface area contributed by atoms with E-state index < -0.39 is 27.3 Å². The van der Waals surface area contributed by atoms with Crippen molar-refractivity contribution in [1.82, 2.24) is 4.31 Å². The average molecular weight is 420 g/mol. The molecule has 0 amide bonds. The molecule has 1 aliphatic heterocycles. The number of ether oxygens (including phenoxy) is 3. The zero-order chi connectivity index (χ0) is 20.9. The molecule has 28 heavy (non-hydrogen) atoms. The molecular weight excluding hydrogens is 386 g/mol. The summed E-state index contributed by atoms with van der Waals surface area (Å²) in [4.78, 5) is 23.6. The molecule has 0 aromatic heterocycles. The zero-order valence-corrected chi connectivity index (χ0v) is 18.1. The predicted molar refractivity (Wildman–Crippen MR) is 103 cm³/mol. The van der Waals surface area contributed by atoms with E-state index in [4.69, 9.17) is 14.2 Å². The Bertz CT molecular complexity index is 648. The molecule has 9 heteroatoms. The van der Waals surface area contributed by atoms with Gasteiger partial charge in [-0.05, 0) is 59.3 Å². The van der Waals surface area contributed by atoms with Crippen molar-refractivity contribution < 1.29 is 32.2 Å². The molecule has 0 N–H and O–H groups in total. The average Bonchev–Trinajstić information content (AvgIpc) is 3.07. The summed E-state index contributed by atoms with van der Waals surface area (Å²) in [6.45, 7) is 5.83. The SMILES string of the molecule is COC(=O)[C@H]1CC[C@H](OC[C@@H]2CCCN2S(=O)(=O)CC(=O)OC(C)(C)C)CC1. The summed E-state index contributed by atoms with van der Waals surface area (Å²) in [5.74, 6) is -1.62. The number of sulfonamides is 1. The molecule has 0 radical (unpaired) electrons. The van der Waals surface area contributed by atoms with E-state index in [-0.39, 0.29) is 24.0 Å². The van der Waals surface area contributed by atoms with Gasteiger partial charge >= 0.3 is 11.9 Å². The van der Waals surface area contributed by atoms with Gasteiger partial charge in [-0.1, -0.05) is 0 Å². The van der Waals surface area contributed by atoms with E-state index >= 15 is 0 Å². The van der Waals surface area contributed by atoms with Crippen LogP contribution in [-0.2, 0) is 33.8 Å². The summed E-state index contributed by atoms with van der Waals surface area (Å²) in [6.07, 6.45) is 4.46. The molecule has 8 nitrogen and oxygen atoms in total. The molecule has 1 saturated heterocycles. The van der Waals surface area contributed by atoms with E-state index in [9.17, 15) is 18.0 Å². The van der Waals surface area contributed by atoms with Crippen LogP contribution in [0, 0.1) is 5.92 Å². The van der Waals surface area contributed by atoms with Gasteiger partial charge in [0, 0.05) is 12.6 Å². The van der Waals surface area contributed by atoms with Crippen LogP contribution < -0.4 is 0 Å². The summed E-state index contributed by atoms with van der Waals surface area (Å²) in [5.41, 5.74) is -0.719. The molecule has 2 aliphatic rings. The lowest BCUT2D eigenvalue weighted by Gasteiger charge is -2.30. The van der Waals surface area contributed by atoms with Crippen molar-refractivity contribution in [2.24, 2.45) is 5.92 Å². The molecule has 0 unspecified atom stereocenters. The van der Waals surface area contributed by atoms with Crippen LogP contribution in [0.15, 0.2) is 0 Å². The van der Waals surface area contributed by atoms with Crippen molar-refractivity contribution >= 4 is 22.0 Å². The summed E-state index contributed by atoms with van der Waals surface area (Å²) < 4.78 is 42.6. The molecule has 1 heterocycles. The van der Waals surface area contributed by atoms with Crippen LogP contribution in [0.25, 0.3) is 0 Å². The topological polar surface area (TPSA) is 99.2 Å². The van der Waals surface area contributed by atoms with E-state index in [0.29, 0.717) is 19.6 Å². The van der Waals surface area contributed by atoms with Gasteiger partial charge in [-0.2, -0.15) is 4.31 Å². The number of nitrogens with zero attached hydrogens (tertiary/aromatic N) is 1. The fourth-order valence-electron chi connectivity index (χ4n) is 3.82. The summed E-state index contributed by atoms with van der Waals surface area (Å²) in [5, 5.41) is 0. The Hall–Kier alpha value is -1.19.